The molecule has 130 valence electrons. The average molecular weight is 342 g/mol. The minimum Gasteiger partial charge on any atom is -0.493 e. The molecule has 2 aromatic carbocycles. The van der Waals surface area contributed by atoms with Crippen LogP contribution in [0.3, 0.4) is 0 Å². The number of carbonyl (C=O) groups excluding carboxylic acids is 1. The lowest BCUT2D eigenvalue weighted by molar-refractivity contribution is -0.122. The Bertz CT molecular complexity index is 807. The Balaban J connectivity index is 1.57. The molecule has 3 rings (SSSR count). The topological polar surface area (TPSA) is 59.9 Å². The van der Waals surface area contributed by atoms with E-state index in [-0.39, 0.29) is 23.6 Å². The van der Waals surface area contributed by atoms with Crippen LogP contribution in [0.5, 0.6) is 11.5 Å². The predicted molar refractivity (Wildman–Crippen MR) is 92.5 cm³/mol. The van der Waals surface area contributed by atoms with Crippen molar-refractivity contribution in [2.24, 2.45) is 11.0 Å². The van der Waals surface area contributed by atoms with E-state index >= 15 is 0 Å². The Morgan fingerprint density at radius 2 is 2.00 bits per heavy atom. The van der Waals surface area contributed by atoms with Crippen molar-refractivity contribution in [3.63, 3.8) is 0 Å². The Hall–Kier alpha value is -2.89. The molecular weight excluding hydrogens is 323 g/mol. The van der Waals surface area contributed by atoms with Crippen LogP contribution in [0.4, 0.5) is 4.39 Å². The zero-order valence-corrected chi connectivity index (χ0v) is 14.0. The molecule has 2 atom stereocenters. The molecule has 0 aliphatic heterocycles. The van der Waals surface area contributed by atoms with Crippen LogP contribution in [0.25, 0.3) is 0 Å². The Morgan fingerprint density at radius 3 is 2.72 bits per heavy atom. The van der Waals surface area contributed by atoms with Crippen LogP contribution in [-0.4, -0.2) is 26.3 Å². The Labute approximate surface area is 145 Å². The molecule has 0 saturated heterocycles. The highest BCUT2D eigenvalue weighted by Gasteiger charge is 2.44. The summed E-state index contributed by atoms with van der Waals surface area (Å²) in [6.07, 6.45) is 2.25. The number of nitrogens with zero attached hydrogens (tertiary/aromatic N) is 1. The zero-order chi connectivity index (χ0) is 17.8. The number of methoxy groups -OCH3 is 2. The molecule has 0 aromatic heterocycles. The smallest absolute Gasteiger partial charge is 0.243 e. The third kappa shape index (κ3) is 3.96. The van der Waals surface area contributed by atoms with Crippen LogP contribution >= 0.6 is 0 Å². The van der Waals surface area contributed by atoms with Gasteiger partial charge in [0.1, 0.15) is 5.82 Å². The maximum Gasteiger partial charge on any atom is 0.243 e. The third-order valence-electron chi connectivity index (χ3n) is 4.20. The lowest BCUT2D eigenvalue weighted by Crippen LogP contribution is -2.20. The maximum absolute atomic E-state index is 13.2. The van der Waals surface area contributed by atoms with Crippen molar-refractivity contribution in [2.45, 2.75) is 12.3 Å². The highest BCUT2D eigenvalue weighted by molar-refractivity contribution is 5.86. The molecule has 1 fully saturated rings. The first-order chi connectivity index (χ1) is 12.1. The maximum atomic E-state index is 13.2. The van der Waals surface area contributed by atoms with E-state index in [4.69, 9.17) is 9.47 Å². The number of hydrazone groups is 1. The number of hydrogen-bond donors (Lipinski definition) is 1. The van der Waals surface area contributed by atoms with Crippen molar-refractivity contribution in [2.75, 3.05) is 14.2 Å². The molecule has 1 saturated carbocycles. The van der Waals surface area contributed by atoms with Gasteiger partial charge < -0.3 is 9.47 Å². The van der Waals surface area contributed by atoms with Gasteiger partial charge >= 0.3 is 0 Å². The highest BCUT2D eigenvalue weighted by atomic mass is 19.1. The first-order valence-electron chi connectivity index (χ1n) is 7.92. The van der Waals surface area contributed by atoms with Gasteiger partial charge in [0, 0.05) is 5.92 Å². The molecule has 1 aliphatic carbocycles. The second-order valence-corrected chi connectivity index (χ2v) is 5.85. The van der Waals surface area contributed by atoms with Crippen molar-refractivity contribution >= 4 is 12.1 Å². The monoisotopic (exact) mass is 342 g/mol. The molecule has 0 bridgehead atoms. The van der Waals surface area contributed by atoms with Crippen LogP contribution in [-0.2, 0) is 4.79 Å². The van der Waals surface area contributed by atoms with Crippen molar-refractivity contribution in [3.05, 3.63) is 59.4 Å². The summed E-state index contributed by atoms with van der Waals surface area (Å²) in [5.74, 6) is 0.670. The number of amides is 1. The van der Waals surface area contributed by atoms with Crippen molar-refractivity contribution in [1.29, 1.82) is 0 Å². The molecule has 2 unspecified atom stereocenters. The molecule has 0 radical (unpaired) electrons. The minimum atomic E-state index is -0.282. The molecule has 5 nitrogen and oxygen atoms in total. The first-order valence-corrected chi connectivity index (χ1v) is 7.92. The summed E-state index contributed by atoms with van der Waals surface area (Å²) in [6.45, 7) is 0. The fourth-order valence-electron chi connectivity index (χ4n) is 2.78. The van der Waals surface area contributed by atoms with Crippen LogP contribution in [0.1, 0.15) is 23.5 Å². The van der Waals surface area contributed by atoms with Crippen LogP contribution < -0.4 is 14.9 Å². The van der Waals surface area contributed by atoms with E-state index in [2.05, 4.69) is 10.5 Å². The second-order valence-electron chi connectivity index (χ2n) is 5.85. The third-order valence-corrected chi connectivity index (χ3v) is 4.20. The molecule has 6 heteroatoms. The molecular formula is C19H19FN2O3. The summed E-state index contributed by atoms with van der Waals surface area (Å²) >= 11 is 0. The van der Waals surface area contributed by atoms with E-state index in [1.165, 1.54) is 12.1 Å². The summed E-state index contributed by atoms with van der Waals surface area (Å²) in [6, 6.07) is 11.7. The summed E-state index contributed by atoms with van der Waals surface area (Å²) in [7, 11) is 3.12. The second kappa shape index (κ2) is 7.34. The number of carbonyl (C=O) groups is 1. The molecule has 1 N–H and O–H groups in total. The lowest BCUT2D eigenvalue weighted by Gasteiger charge is -2.07. The molecule has 1 amide bonds. The summed E-state index contributed by atoms with van der Waals surface area (Å²) < 4.78 is 23.6. The zero-order valence-electron chi connectivity index (χ0n) is 14.0. The number of nitrogens with one attached hydrogen (secondary N) is 1. The van der Waals surface area contributed by atoms with Gasteiger partial charge in [0.2, 0.25) is 5.91 Å². The Kier molecular flexibility index (Phi) is 4.97. The first kappa shape index (κ1) is 17.0. The largest absolute Gasteiger partial charge is 0.493 e. The molecule has 1 aliphatic rings. The molecule has 25 heavy (non-hydrogen) atoms. The summed E-state index contributed by atoms with van der Waals surface area (Å²) in [4.78, 5) is 12.1. The van der Waals surface area contributed by atoms with Gasteiger partial charge in [-0.3, -0.25) is 4.79 Å². The van der Waals surface area contributed by atoms with Gasteiger partial charge in [0.15, 0.2) is 11.5 Å². The quantitative estimate of drug-likeness (QED) is 0.648. The van der Waals surface area contributed by atoms with Gasteiger partial charge in [-0.05, 0) is 53.8 Å². The molecule has 0 heterocycles. The van der Waals surface area contributed by atoms with E-state index in [0.717, 1.165) is 11.1 Å². The van der Waals surface area contributed by atoms with Crippen LogP contribution in [0, 0.1) is 11.7 Å². The van der Waals surface area contributed by atoms with E-state index in [0.29, 0.717) is 17.9 Å². The normalized spacial score (nSPS) is 18.8. The number of halogens is 1. The van der Waals surface area contributed by atoms with Crippen LogP contribution in [0.2, 0.25) is 0 Å². The van der Waals surface area contributed by atoms with Gasteiger partial charge in [0.25, 0.3) is 0 Å². The van der Waals surface area contributed by atoms with Gasteiger partial charge in [-0.15, -0.1) is 0 Å². The molecule has 0 spiro atoms. The standard InChI is InChI=1S/C19H19FN2O3/c1-24-17-7-6-12(8-18(17)25-2)11-21-22-19(23)16-10-15(16)13-4-3-5-14(20)9-13/h3-9,11,15-16H,10H2,1-2H3,(H,22,23). The van der Waals surface area contributed by atoms with Crippen molar-refractivity contribution < 1.29 is 18.7 Å². The van der Waals surface area contributed by atoms with Crippen LogP contribution in [0.15, 0.2) is 47.6 Å². The summed E-state index contributed by atoms with van der Waals surface area (Å²) in [5, 5.41) is 3.98. The molecule has 2 aromatic rings. The summed E-state index contributed by atoms with van der Waals surface area (Å²) in [5.41, 5.74) is 4.16. The van der Waals surface area contributed by atoms with Gasteiger partial charge in [-0.2, -0.15) is 5.10 Å². The fourth-order valence-corrected chi connectivity index (χ4v) is 2.78. The number of hydrogen-bond acceptors (Lipinski definition) is 4. The van der Waals surface area contributed by atoms with Gasteiger partial charge in [-0.1, -0.05) is 12.1 Å². The number of rotatable bonds is 6. The lowest BCUT2D eigenvalue weighted by atomic mass is 10.1. The van der Waals surface area contributed by atoms with E-state index in [1.807, 2.05) is 12.1 Å². The van der Waals surface area contributed by atoms with Gasteiger partial charge in [0.05, 0.1) is 20.4 Å². The average Bonchev–Trinajstić information content (AvgIpc) is 3.42. The van der Waals surface area contributed by atoms with E-state index in [9.17, 15) is 9.18 Å². The fraction of sp³-hybridized carbons (Fsp3) is 0.263. The van der Waals surface area contributed by atoms with Gasteiger partial charge in [-0.25, -0.2) is 9.82 Å². The highest BCUT2D eigenvalue weighted by Crippen LogP contribution is 2.47. The van der Waals surface area contributed by atoms with Crippen molar-refractivity contribution in [1.82, 2.24) is 5.43 Å². The number of ether oxygens (including phenoxy) is 2. The number of benzene rings is 2. The minimum absolute atomic E-state index is 0.0620. The Morgan fingerprint density at radius 1 is 1.20 bits per heavy atom. The van der Waals surface area contributed by atoms with Crippen molar-refractivity contribution in [3.8, 4) is 11.5 Å². The predicted octanol–water partition coefficient (Wildman–Crippen LogP) is 3.10. The van der Waals surface area contributed by atoms with E-state index in [1.54, 1.807) is 38.6 Å². The SMILES string of the molecule is COc1ccc(C=NNC(=O)C2CC2c2cccc(F)c2)cc1OC. The van der Waals surface area contributed by atoms with E-state index < -0.39 is 0 Å².